The van der Waals surface area contributed by atoms with Gasteiger partial charge in [-0.3, -0.25) is 0 Å². The molecule has 0 bridgehead atoms. The highest BCUT2D eigenvalue weighted by Gasteiger charge is 2.21. The predicted octanol–water partition coefficient (Wildman–Crippen LogP) is 0.903. The minimum absolute atomic E-state index is 0.105. The Hall–Kier alpha value is -0.120. The highest BCUT2D eigenvalue weighted by atomic mass is 79.9. The molecule has 0 amide bonds. The molecule has 0 radical (unpaired) electrons. The van der Waals surface area contributed by atoms with Gasteiger partial charge in [0.05, 0.1) is 12.5 Å². The molecular weight excluding hydrogens is 244 g/mol. The van der Waals surface area contributed by atoms with Gasteiger partial charge in [-0.15, -0.1) is 0 Å². The molecule has 1 atom stereocenters. The lowest BCUT2D eigenvalue weighted by Crippen LogP contribution is -2.35. The smallest absolute Gasteiger partial charge is 0.211 e. The zero-order chi connectivity index (χ0) is 9.78. The van der Waals surface area contributed by atoms with E-state index in [0.717, 1.165) is 0 Å². The molecule has 6 heteroatoms. The van der Waals surface area contributed by atoms with Crippen LogP contribution in [-0.4, -0.2) is 30.5 Å². The Kier molecular flexibility index (Phi) is 4.75. The van der Waals surface area contributed by atoms with Gasteiger partial charge in [0.1, 0.15) is 4.66 Å². The van der Waals surface area contributed by atoms with Gasteiger partial charge in [-0.1, -0.05) is 15.9 Å². The van der Waals surface area contributed by atoms with Gasteiger partial charge in [0.2, 0.25) is 10.0 Å². The lowest BCUT2D eigenvalue weighted by atomic mass is 10.3. The lowest BCUT2D eigenvalue weighted by molar-refractivity contribution is 0.396. The first-order valence-corrected chi connectivity index (χ1v) is 6.07. The summed E-state index contributed by atoms with van der Waals surface area (Å²) in [6.45, 7) is 1.70. The normalized spacial score (nSPS) is 14.2. The van der Waals surface area contributed by atoms with Gasteiger partial charge >= 0.3 is 0 Å². The van der Waals surface area contributed by atoms with Crippen LogP contribution in [0, 0.1) is 11.3 Å². The van der Waals surface area contributed by atoms with E-state index in [9.17, 15) is 8.42 Å². The van der Waals surface area contributed by atoms with E-state index in [0.29, 0.717) is 0 Å². The van der Waals surface area contributed by atoms with Crippen LogP contribution in [0.5, 0.6) is 0 Å². The van der Waals surface area contributed by atoms with Crippen molar-refractivity contribution in [3.8, 4) is 6.07 Å². The van der Waals surface area contributed by atoms with Gasteiger partial charge in [-0.25, -0.2) is 12.7 Å². The number of hydrogen-bond acceptors (Lipinski definition) is 3. The third-order valence-corrected chi connectivity index (χ3v) is 4.83. The quantitative estimate of drug-likeness (QED) is 0.701. The topological polar surface area (TPSA) is 61.2 Å². The first kappa shape index (κ1) is 11.9. The summed E-state index contributed by atoms with van der Waals surface area (Å²) in [7, 11) is -1.75. The van der Waals surface area contributed by atoms with Crippen LogP contribution in [0.2, 0.25) is 0 Å². The molecule has 4 nitrogen and oxygen atoms in total. The van der Waals surface area contributed by atoms with Crippen molar-refractivity contribution in [3.05, 3.63) is 0 Å². The monoisotopic (exact) mass is 254 g/mol. The number of nitriles is 1. The molecular formula is C6H11BrN2O2S. The first-order valence-electron chi connectivity index (χ1n) is 3.34. The van der Waals surface area contributed by atoms with E-state index in [1.54, 1.807) is 6.92 Å². The van der Waals surface area contributed by atoms with Crippen molar-refractivity contribution >= 4 is 26.0 Å². The van der Waals surface area contributed by atoms with Crippen LogP contribution in [-0.2, 0) is 10.0 Å². The Balaban J connectivity index is 4.41. The maximum absolute atomic E-state index is 11.2. The molecule has 70 valence electrons. The van der Waals surface area contributed by atoms with Gasteiger partial charge in [0, 0.05) is 13.1 Å². The van der Waals surface area contributed by atoms with E-state index in [1.807, 2.05) is 6.07 Å². The van der Waals surface area contributed by atoms with Crippen LogP contribution in [0.4, 0.5) is 0 Å². The van der Waals surface area contributed by atoms with E-state index >= 15 is 0 Å². The molecule has 0 rings (SSSR count). The second kappa shape index (κ2) is 4.80. The molecule has 0 aromatic rings. The minimum atomic E-state index is -3.22. The van der Waals surface area contributed by atoms with Crippen LogP contribution in [0.3, 0.4) is 0 Å². The average molecular weight is 255 g/mol. The van der Waals surface area contributed by atoms with Crippen LogP contribution in [0.15, 0.2) is 0 Å². The van der Waals surface area contributed by atoms with Crippen molar-refractivity contribution in [2.24, 2.45) is 0 Å². The Labute approximate surface area is 81.3 Å². The number of rotatable bonds is 4. The van der Waals surface area contributed by atoms with Gasteiger partial charge in [-0.05, 0) is 6.92 Å². The molecule has 0 spiro atoms. The number of sulfonamides is 1. The number of halogens is 1. The molecule has 0 aromatic heterocycles. The fourth-order valence-corrected chi connectivity index (χ4v) is 2.36. The fourth-order valence-electron chi connectivity index (χ4n) is 0.612. The van der Waals surface area contributed by atoms with Crippen molar-refractivity contribution < 1.29 is 8.42 Å². The van der Waals surface area contributed by atoms with E-state index in [2.05, 4.69) is 15.9 Å². The number of alkyl halides is 1. The van der Waals surface area contributed by atoms with E-state index in [4.69, 9.17) is 5.26 Å². The molecule has 1 unspecified atom stereocenters. The summed E-state index contributed by atoms with van der Waals surface area (Å²) in [5.41, 5.74) is 0. The van der Waals surface area contributed by atoms with Gasteiger partial charge in [0.15, 0.2) is 0 Å². The minimum Gasteiger partial charge on any atom is -0.211 e. The summed E-state index contributed by atoms with van der Waals surface area (Å²) < 4.78 is 23.5. The Morgan fingerprint density at radius 1 is 1.67 bits per heavy atom. The van der Waals surface area contributed by atoms with E-state index in [1.165, 1.54) is 11.4 Å². The highest BCUT2D eigenvalue weighted by molar-refractivity contribution is 9.10. The SMILES string of the molecule is CC(CC#N)N(C)S(=O)(=O)CBr. The van der Waals surface area contributed by atoms with Crippen LogP contribution >= 0.6 is 15.9 Å². The highest BCUT2D eigenvalue weighted by Crippen LogP contribution is 2.08. The third kappa shape index (κ3) is 3.09. The third-order valence-electron chi connectivity index (χ3n) is 1.58. The van der Waals surface area contributed by atoms with Crippen LogP contribution in [0.1, 0.15) is 13.3 Å². The van der Waals surface area contributed by atoms with E-state index in [-0.39, 0.29) is 17.1 Å². The lowest BCUT2D eigenvalue weighted by Gasteiger charge is -2.20. The van der Waals surface area contributed by atoms with Gasteiger partial charge in [-0.2, -0.15) is 5.26 Å². The fraction of sp³-hybridized carbons (Fsp3) is 0.833. The van der Waals surface area contributed by atoms with E-state index < -0.39 is 10.0 Å². The van der Waals surface area contributed by atoms with Crippen molar-refractivity contribution in [3.63, 3.8) is 0 Å². The molecule has 0 N–H and O–H groups in total. The zero-order valence-corrected chi connectivity index (χ0v) is 9.39. The summed E-state index contributed by atoms with van der Waals surface area (Å²) in [6, 6.07) is 1.66. The number of hydrogen-bond donors (Lipinski definition) is 0. The Morgan fingerprint density at radius 2 is 2.17 bits per heavy atom. The van der Waals surface area contributed by atoms with Gasteiger partial charge < -0.3 is 0 Å². The number of nitrogens with zero attached hydrogens (tertiary/aromatic N) is 2. The molecule has 0 fully saturated rings. The molecule has 0 saturated carbocycles. The molecule has 0 heterocycles. The predicted molar refractivity (Wildman–Crippen MR) is 50.2 cm³/mol. The summed E-state index contributed by atoms with van der Waals surface area (Å²) in [6.07, 6.45) is 0.211. The molecule has 12 heavy (non-hydrogen) atoms. The first-order chi connectivity index (χ1) is 5.45. The zero-order valence-electron chi connectivity index (χ0n) is 6.99. The van der Waals surface area contributed by atoms with Crippen molar-refractivity contribution in [1.29, 1.82) is 5.26 Å². The Morgan fingerprint density at radius 3 is 2.50 bits per heavy atom. The largest absolute Gasteiger partial charge is 0.224 e. The molecule has 0 saturated heterocycles. The molecule has 0 aliphatic heterocycles. The molecule has 0 aromatic carbocycles. The van der Waals surface area contributed by atoms with Crippen LogP contribution in [0.25, 0.3) is 0 Å². The maximum atomic E-state index is 11.2. The van der Waals surface area contributed by atoms with Crippen molar-refractivity contribution in [1.82, 2.24) is 4.31 Å². The molecule has 0 aliphatic carbocycles. The van der Waals surface area contributed by atoms with Gasteiger partial charge in [0.25, 0.3) is 0 Å². The summed E-state index contributed by atoms with van der Waals surface area (Å²) in [5, 5.41) is 8.34. The summed E-state index contributed by atoms with van der Waals surface area (Å²) in [4.78, 5) is 0. The van der Waals surface area contributed by atoms with Crippen LogP contribution < -0.4 is 0 Å². The maximum Gasteiger partial charge on any atom is 0.224 e. The molecule has 0 aliphatic rings. The average Bonchev–Trinajstić information content (AvgIpc) is 2.03. The second-order valence-electron chi connectivity index (χ2n) is 2.45. The summed E-state index contributed by atoms with van der Waals surface area (Å²) >= 11 is 2.88. The second-order valence-corrected chi connectivity index (χ2v) is 5.78. The summed E-state index contributed by atoms with van der Waals surface area (Å²) in [5.74, 6) is 0. The van der Waals surface area contributed by atoms with Crippen molar-refractivity contribution in [2.75, 3.05) is 11.7 Å². The standard InChI is InChI=1S/C6H11BrN2O2S/c1-6(3-4-8)9(2)12(10,11)5-7/h6H,3,5H2,1-2H3. The Bertz CT molecular complexity index is 270. The van der Waals surface area contributed by atoms with Crippen molar-refractivity contribution in [2.45, 2.75) is 19.4 Å².